The molecule has 10 rings (SSSR count). The molecule has 4 aromatic rings. The molecule has 2 aliphatic carbocycles. The summed E-state index contributed by atoms with van der Waals surface area (Å²) in [6, 6.07) is 44.9. The summed E-state index contributed by atoms with van der Waals surface area (Å²) in [4.78, 5) is 28.4. The van der Waals surface area contributed by atoms with Crippen LogP contribution in [-0.4, -0.2) is 150 Å². The van der Waals surface area contributed by atoms with Crippen molar-refractivity contribution in [3.63, 3.8) is 0 Å². The van der Waals surface area contributed by atoms with Crippen LogP contribution < -0.4 is 93.9 Å². The third-order valence-corrected chi connectivity index (χ3v) is 24.0. The molecule has 0 aromatic heterocycles. The summed E-state index contributed by atoms with van der Waals surface area (Å²) >= 11 is 0. The summed E-state index contributed by atoms with van der Waals surface area (Å²) in [5.74, 6) is 1.20. The van der Waals surface area contributed by atoms with E-state index in [9.17, 15) is 79.5 Å². The number of para-hydroxylation sites is 2. The van der Waals surface area contributed by atoms with E-state index in [0.29, 0.717) is 47.5 Å². The zero-order valence-electron chi connectivity index (χ0n) is 74.3. The van der Waals surface area contributed by atoms with Crippen molar-refractivity contribution in [2.24, 2.45) is 4.99 Å². The Morgan fingerprint density at radius 2 is 1.10 bits per heavy atom. The van der Waals surface area contributed by atoms with Gasteiger partial charge in [-0.25, -0.2) is 42.8 Å². The maximum absolute atomic E-state index is 12.0. The summed E-state index contributed by atoms with van der Waals surface area (Å²) in [5.41, 5.74) is 8.40. The molecule has 35 heteroatoms. The Kier molecular flexibility index (Phi) is 44.6. The summed E-state index contributed by atoms with van der Waals surface area (Å²) in [7, 11) is -22.0. The predicted octanol–water partition coefficient (Wildman–Crippen LogP) is 7.16. The van der Waals surface area contributed by atoms with Crippen molar-refractivity contribution in [3.05, 3.63) is 232 Å². The number of fused-ring (bicyclic) bond motifs is 4. The molecule has 0 bridgehead atoms. The normalized spacial score (nSPS) is 15.4. The number of carbonyl (C=O) groups is 2. The number of aliphatic carboxylic acids is 1. The monoisotopic (exact) mass is 1830 g/mol. The Balaban J connectivity index is 0.000000460. The molecule has 0 amide bonds. The summed E-state index contributed by atoms with van der Waals surface area (Å²) in [5, 5.41) is 14.8. The first-order valence-corrected chi connectivity index (χ1v) is 46.3. The van der Waals surface area contributed by atoms with Gasteiger partial charge in [-0.2, -0.15) is 4.58 Å². The fraction of sp³-hybridized carbons (Fsp3) is 0.400. The Bertz CT molecular complexity index is 5690. The van der Waals surface area contributed by atoms with E-state index in [1.807, 2.05) is 134 Å². The molecule has 4 aliphatic heterocycles. The number of allylic oxidation sites excluding steroid dienone is 6. The van der Waals surface area contributed by atoms with Crippen LogP contribution in [0.2, 0.25) is 0 Å². The van der Waals surface area contributed by atoms with Crippen molar-refractivity contribution in [3.8, 4) is 22.6 Å². The molecule has 2 atom stereocenters. The quantitative estimate of drug-likeness (QED) is 0.00857. The van der Waals surface area contributed by atoms with Gasteiger partial charge in [-0.15, -0.1) is 0 Å². The number of hydrogen-bond acceptors (Lipinski definition) is 20. The van der Waals surface area contributed by atoms with Gasteiger partial charge in [-0.3, -0.25) is 27.5 Å². The summed E-state index contributed by atoms with van der Waals surface area (Å²) < 4.78 is 191. The van der Waals surface area contributed by atoms with Crippen molar-refractivity contribution in [1.82, 2.24) is 9.15 Å². The smallest absolute Gasteiger partial charge is 1.00 e. The van der Waals surface area contributed by atoms with E-state index in [2.05, 4.69) is 138 Å². The predicted molar refractivity (Wildman–Crippen MR) is 471 cm³/mol. The minimum atomic E-state index is -4.80. The van der Waals surface area contributed by atoms with E-state index in [-0.39, 0.29) is 137 Å². The maximum Gasteiger partial charge on any atom is 1.00 e. The second-order valence-corrected chi connectivity index (χ2v) is 37.4. The third-order valence-electron chi connectivity index (χ3n) is 20.7. The van der Waals surface area contributed by atoms with Gasteiger partial charge < -0.3 is 51.8 Å². The topological polar surface area (TPSA) is 355 Å². The number of halogens is 4. The van der Waals surface area contributed by atoms with Crippen LogP contribution in [0.4, 0.5) is 35.7 Å². The first-order valence-electron chi connectivity index (χ1n) is 40.3. The van der Waals surface area contributed by atoms with Crippen LogP contribution in [-0.2, 0) is 76.5 Å². The molecule has 125 heavy (non-hydrogen) atoms. The summed E-state index contributed by atoms with van der Waals surface area (Å²) in [6.07, 6.45) is 16.5. The average Bonchev–Trinajstić information content (AvgIpc) is 1.59. The Morgan fingerprint density at radius 1 is 0.608 bits per heavy atom. The van der Waals surface area contributed by atoms with Gasteiger partial charge in [-0.1, -0.05) is 102 Å². The number of carbonyl (C=O) groups excluding carboxylic acids is 1. The number of nitrogens with one attached hydrogen (secondary N) is 1. The van der Waals surface area contributed by atoms with E-state index in [1.54, 1.807) is 19.2 Å². The van der Waals surface area contributed by atoms with Gasteiger partial charge in [-0.05, 0) is 195 Å². The van der Waals surface area contributed by atoms with Crippen molar-refractivity contribution < 1.29 is 161 Å². The van der Waals surface area contributed by atoms with Crippen LogP contribution in [0.25, 0.3) is 28.7 Å². The van der Waals surface area contributed by atoms with E-state index >= 15 is 0 Å². The Labute approximate surface area is 778 Å². The van der Waals surface area contributed by atoms with Crippen LogP contribution in [0.5, 0.6) is 0 Å². The first-order chi connectivity index (χ1) is 57.1. The molecule has 668 valence electrons. The number of esters is 1. The molecule has 0 saturated heterocycles. The molecule has 0 spiro atoms. The minimum absolute atomic E-state index is 0. The number of carboxylic acid groups (broad SMARTS) is 1. The molecule has 2 unspecified atom stereocenters. The van der Waals surface area contributed by atoms with Gasteiger partial charge in [0.15, 0.2) is 5.71 Å². The molecule has 0 radical (unpaired) electrons. The van der Waals surface area contributed by atoms with Gasteiger partial charge in [0.05, 0.1) is 59.9 Å². The van der Waals surface area contributed by atoms with Crippen LogP contribution >= 0.6 is 0 Å². The number of nitrogens with zero attached hydrogens (tertiary/aromatic N) is 5. The van der Waals surface area contributed by atoms with Gasteiger partial charge in [0.2, 0.25) is 16.4 Å². The van der Waals surface area contributed by atoms with Gasteiger partial charge in [0.1, 0.15) is 76.0 Å². The van der Waals surface area contributed by atoms with Crippen LogP contribution in [0, 0.1) is 6.92 Å². The molecule has 4 aromatic carbocycles. The number of anilines is 2. The van der Waals surface area contributed by atoms with E-state index in [1.165, 1.54) is 52.9 Å². The van der Waals surface area contributed by atoms with E-state index in [0.717, 1.165) is 82.8 Å². The van der Waals surface area contributed by atoms with Gasteiger partial charge >= 0.3 is 78.6 Å². The standard InChI is InChI=1S/C38H48N2O9S2.C19H27NO8S2.C18H26NO.C15H14N2.BF3.FH.2Na/c1-7-39(8-2)28-17-19-30-27(24-35(37(3,4)5)49-33(30)25-28)14-10-9-11-15-34-38(6,21-12-16-36(41)42)31-26-29(51(46,47)48)18-20-32(31)40(34)22-13-23-50(43,44)45;1-4-28-18(21)7-5-10-19(3)14(2)20(11-6-12-29(22,23)24)17-9-8-15(13-16(17)19)30(25,26)27;1-7-19(8-2)14-9-10-15-13(3)11-17(18(4,5)6)20-16(15)12-14;1-3-8-14(9-4-1)16-12-7-13-17-15-10-5-2-6-11-15;2-1(3)4;;;/h9-11,14-15,17-20,24-26H,7-8,12-13,16,21-23H2,1-6H3,(H2-,41,42,43,44,45,46,47,48);8-9,13H,4-7,10-12H2,1-3H3,(H-,22,23,24,25,26,27);9-12H,7-8H2,1-6H3;1-13,16H;;1H;;/q;;+1;;;;2*+1/p-3/b;;;12-7+,17-13?;;;;. The fourth-order valence-electron chi connectivity index (χ4n) is 14.3. The third kappa shape index (κ3) is 33.9. The zero-order chi connectivity index (χ0) is 90.8. The average molecular weight is 1830 g/mol. The number of hydrogen-bond donors (Lipinski definition) is 2. The molecule has 0 fully saturated rings. The van der Waals surface area contributed by atoms with Crippen molar-refractivity contribution in [2.75, 3.05) is 67.6 Å². The molecule has 4 heterocycles. The largest absolute Gasteiger partial charge is 1.00 e. The van der Waals surface area contributed by atoms with Crippen LogP contribution in [0.15, 0.2) is 211 Å². The number of aryl methyl sites for hydroxylation is 1. The zero-order valence-corrected chi connectivity index (χ0v) is 81.6. The SMILES string of the molecule is C(/C=C/Nc1ccccc1)=Nc1ccccc1.CCOC(=O)CCCC1(C)C(C)=[N+](CCCS(=O)(=O)[O-])c2ccc(S(=O)(=O)[O-])cc21.CC[N+](CC)=c1ccc2c(C)cc(C(C)(C)C)oc-2c1.CC[N+](CC)=c1ccc2c(C=CC=CC=C3N(CCCS(=O)(=O)[O-])c4ccc(S(=O)(=O)[O-])cc4C3(C)CCCC(=O)O)cc(C(C)(C)C)oc-2c1.FB(F)F.[F-].[Na+].[Na+]. The van der Waals surface area contributed by atoms with E-state index in [4.69, 9.17) is 13.6 Å². The summed E-state index contributed by atoms with van der Waals surface area (Å²) in [6.45, 7) is 35.3. The molecule has 24 nitrogen and oxygen atoms in total. The number of ether oxygens (including phenoxy) is 1. The molecule has 0 saturated carbocycles. The fourth-order valence-corrected chi connectivity index (χ4v) is 16.2. The first kappa shape index (κ1) is 111. The van der Waals surface area contributed by atoms with Gasteiger partial charge in [0.25, 0.3) is 0 Å². The maximum atomic E-state index is 12.0. The number of benzene rings is 6. The molecule has 2 N–H and O–H groups in total. The number of aliphatic imine (C=N–C) groups is 1. The van der Waals surface area contributed by atoms with E-state index < -0.39 is 81.2 Å². The Hall–Kier alpha value is -8.00. The van der Waals surface area contributed by atoms with Gasteiger partial charge in [0, 0.05) is 125 Å². The van der Waals surface area contributed by atoms with Crippen LogP contribution in [0.1, 0.15) is 182 Å². The van der Waals surface area contributed by atoms with Crippen molar-refractivity contribution in [1.29, 1.82) is 0 Å². The van der Waals surface area contributed by atoms with Crippen LogP contribution in [0.3, 0.4) is 0 Å². The molecular weight excluding hydrogens is 1710 g/mol. The molecule has 6 aliphatic rings. The number of carboxylic acids is 1. The van der Waals surface area contributed by atoms with Crippen molar-refractivity contribution >= 4 is 101 Å². The molecular formula is C90H113BF4N6Na2O18S4. The minimum Gasteiger partial charge on any atom is -1.00 e. The number of rotatable bonds is 30. The second-order valence-electron chi connectivity index (χ2n) is 31.5. The Morgan fingerprint density at radius 3 is 1.62 bits per heavy atom. The second kappa shape index (κ2) is 50.1. The van der Waals surface area contributed by atoms with Crippen molar-refractivity contribution in [2.45, 2.75) is 187 Å².